The first-order valence-corrected chi connectivity index (χ1v) is 10.2. The van der Waals surface area contributed by atoms with E-state index in [1.54, 1.807) is 6.07 Å². The lowest BCUT2D eigenvalue weighted by Gasteiger charge is -2.07. The van der Waals surface area contributed by atoms with Crippen LogP contribution in [0.5, 0.6) is 0 Å². The molecule has 0 saturated carbocycles. The zero-order chi connectivity index (χ0) is 19.1. The molecular formula is C25H26ClF. The summed E-state index contributed by atoms with van der Waals surface area (Å²) in [6, 6.07) is 22.3. The smallest absolute Gasteiger partial charge is 0.142 e. The van der Waals surface area contributed by atoms with E-state index >= 15 is 0 Å². The van der Waals surface area contributed by atoms with E-state index in [4.69, 9.17) is 11.6 Å². The Hall–Kier alpha value is -2.12. The number of benzene rings is 3. The highest BCUT2D eigenvalue weighted by atomic mass is 35.5. The fourth-order valence-corrected chi connectivity index (χ4v) is 3.40. The van der Waals surface area contributed by atoms with Gasteiger partial charge in [0, 0.05) is 0 Å². The summed E-state index contributed by atoms with van der Waals surface area (Å²) in [6.45, 7) is 2.24. The number of rotatable bonds is 8. The van der Waals surface area contributed by atoms with Gasteiger partial charge in [-0.25, -0.2) is 4.39 Å². The minimum atomic E-state index is -0.378. The molecule has 0 radical (unpaired) electrons. The monoisotopic (exact) mass is 380 g/mol. The van der Waals surface area contributed by atoms with E-state index in [-0.39, 0.29) is 10.8 Å². The molecular weight excluding hydrogens is 355 g/mol. The molecule has 0 saturated heterocycles. The van der Waals surface area contributed by atoms with Crippen LogP contribution in [0.2, 0.25) is 5.02 Å². The van der Waals surface area contributed by atoms with Crippen LogP contribution in [0.3, 0.4) is 0 Å². The Morgan fingerprint density at radius 1 is 0.667 bits per heavy atom. The largest absolute Gasteiger partial charge is 0.205 e. The van der Waals surface area contributed by atoms with Gasteiger partial charge in [-0.3, -0.25) is 0 Å². The molecule has 0 heterocycles. The summed E-state index contributed by atoms with van der Waals surface area (Å²) >= 11 is 5.76. The van der Waals surface area contributed by atoms with Crippen LogP contribution in [-0.2, 0) is 19.3 Å². The Labute approximate surface area is 167 Å². The average molecular weight is 381 g/mol. The predicted molar refractivity (Wildman–Crippen MR) is 114 cm³/mol. The van der Waals surface area contributed by atoms with Crippen molar-refractivity contribution in [3.63, 3.8) is 0 Å². The number of aryl methyl sites for hydroxylation is 3. The molecule has 3 aromatic carbocycles. The van der Waals surface area contributed by atoms with Gasteiger partial charge in [-0.05, 0) is 65.6 Å². The molecule has 3 rings (SSSR count). The van der Waals surface area contributed by atoms with Crippen LogP contribution in [0.4, 0.5) is 4.39 Å². The Bertz CT molecular complexity index is 850. The van der Waals surface area contributed by atoms with E-state index in [0.717, 1.165) is 24.0 Å². The molecule has 0 aliphatic carbocycles. The first-order valence-electron chi connectivity index (χ1n) is 9.78. The number of hydrogen-bond donors (Lipinski definition) is 0. The van der Waals surface area contributed by atoms with Crippen LogP contribution < -0.4 is 0 Å². The van der Waals surface area contributed by atoms with Gasteiger partial charge in [0.1, 0.15) is 5.82 Å². The number of halogens is 2. The molecule has 0 unspecified atom stereocenters. The van der Waals surface area contributed by atoms with Crippen LogP contribution in [-0.4, -0.2) is 0 Å². The quantitative estimate of drug-likeness (QED) is 0.352. The highest BCUT2D eigenvalue weighted by Gasteiger charge is 2.04. The molecule has 0 aliphatic rings. The summed E-state index contributed by atoms with van der Waals surface area (Å²) in [4.78, 5) is 0. The van der Waals surface area contributed by atoms with Gasteiger partial charge in [-0.1, -0.05) is 86.0 Å². The second kappa shape index (κ2) is 9.71. The second-order valence-corrected chi connectivity index (χ2v) is 7.51. The average Bonchev–Trinajstić information content (AvgIpc) is 2.70. The lowest BCUT2D eigenvalue weighted by atomic mass is 9.99. The molecule has 2 heteroatoms. The van der Waals surface area contributed by atoms with E-state index in [0.29, 0.717) is 0 Å². The van der Waals surface area contributed by atoms with E-state index in [9.17, 15) is 4.39 Å². The van der Waals surface area contributed by atoms with Gasteiger partial charge in [0.05, 0.1) is 5.02 Å². The normalized spacial score (nSPS) is 10.9. The maximum Gasteiger partial charge on any atom is 0.142 e. The van der Waals surface area contributed by atoms with E-state index < -0.39 is 0 Å². The van der Waals surface area contributed by atoms with Crippen LogP contribution >= 0.6 is 11.6 Å². The zero-order valence-corrected chi connectivity index (χ0v) is 16.6. The van der Waals surface area contributed by atoms with Crippen LogP contribution in [0.25, 0.3) is 11.1 Å². The third-order valence-corrected chi connectivity index (χ3v) is 5.31. The van der Waals surface area contributed by atoms with Gasteiger partial charge in [-0.2, -0.15) is 0 Å². The Morgan fingerprint density at radius 3 is 1.74 bits per heavy atom. The molecule has 0 N–H and O–H groups in total. The van der Waals surface area contributed by atoms with Gasteiger partial charge in [-0.15, -0.1) is 0 Å². The number of hydrogen-bond acceptors (Lipinski definition) is 0. The van der Waals surface area contributed by atoms with Crippen molar-refractivity contribution in [2.24, 2.45) is 0 Å². The summed E-state index contributed by atoms with van der Waals surface area (Å²) in [5.41, 5.74) is 5.96. The third kappa shape index (κ3) is 5.68. The summed E-state index contributed by atoms with van der Waals surface area (Å²) in [5.74, 6) is -0.378. The Kier molecular flexibility index (Phi) is 7.06. The fourth-order valence-electron chi connectivity index (χ4n) is 3.28. The molecule has 0 spiro atoms. The van der Waals surface area contributed by atoms with Crippen molar-refractivity contribution in [2.75, 3.05) is 0 Å². The van der Waals surface area contributed by atoms with Gasteiger partial charge in [0.2, 0.25) is 0 Å². The summed E-state index contributed by atoms with van der Waals surface area (Å²) in [5, 5.41) is 0.159. The Morgan fingerprint density at radius 2 is 1.19 bits per heavy atom. The van der Waals surface area contributed by atoms with Gasteiger partial charge < -0.3 is 0 Å². The summed E-state index contributed by atoms with van der Waals surface area (Å²) < 4.78 is 13.6. The molecule has 140 valence electrons. The summed E-state index contributed by atoms with van der Waals surface area (Å²) in [7, 11) is 0. The second-order valence-electron chi connectivity index (χ2n) is 7.10. The lowest BCUT2D eigenvalue weighted by molar-refractivity contribution is 0.629. The first kappa shape index (κ1) is 19.6. The molecule has 0 atom stereocenters. The van der Waals surface area contributed by atoms with Crippen molar-refractivity contribution in [2.45, 2.75) is 45.4 Å². The molecule has 0 aromatic heterocycles. The molecule has 0 fully saturated rings. The van der Waals surface area contributed by atoms with Crippen molar-refractivity contribution in [3.8, 4) is 11.1 Å². The maximum absolute atomic E-state index is 13.6. The number of unbranched alkanes of at least 4 members (excludes halogenated alkanes) is 2. The van der Waals surface area contributed by atoms with Crippen molar-refractivity contribution >= 4 is 11.6 Å². The minimum absolute atomic E-state index is 0.159. The van der Waals surface area contributed by atoms with Crippen molar-refractivity contribution in [1.82, 2.24) is 0 Å². The first-order chi connectivity index (χ1) is 13.2. The molecule has 0 nitrogen and oxygen atoms in total. The van der Waals surface area contributed by atoms with Gasteiger partial charge in [0.25, 0.3) is 0 Å². The van der Waals surface area contributed by atoms with Crippen molar-refractivity contribution in [3.05, 3.63) is 94.3 Å². The predicted octanol–water partition coefficient (Wildman–Crippen LogP) is 7.66. The van der Waals surface area contributed by atoms with Crippen LogP contribution in [0.1, 0.15) is 42.9 Å². The van der Waals surface area contributed by atoms with E-state index in [1.165, 1.54) is 48.4 Å². The maximum atomic E-state index is 13.6. The highest BCUT2D eigenvalue weighted by molar-refractivity contribution is 6.30. The Balaban J connectivity index is 1.56. The highest BCUT2D eigenvalue weighted by Crippen LogP contribution is 2.25. The third-order valence-electron chi connectivity index (χ3n) is 5.00. The van der Waals surface area contributed by atoms with Crippen LogP contribution in [0.15, 0.2) is 66.7 Å². The molecule has 27 heavy (non-hydrogen) atoms. The molecule has 0 amide bonds. The topological polar surface area (TPSA) is 0 Å². The molecule has 3 aromatic rings. The van der Waals surface area contributed by atoms with Crippen molar-refractivity contribution in [1.29, 1.82) is 0 Å². The van der Waals surface area contributed by atoms with Gasteiger partial charge in [0.15, 0.2) is 0 Å². The lowest BCUT2D eigenvalue weighted by Crippen LogP contribution is -1.93. The van der Waals surface area contributed by atoms with E-state index in [1.807, 2.05) is 6.07 Å². The fraction of sp³-hybridized carbons (Fsp3) is 0.280. The van der Waals surface area contributed by atoms with Crippen LogP contribution in [0, 0.1) is 5.82 Å². The molecule has 0 bridgehead atoms. The zero-order valence-electron chi connectivity index (χ0n) is 15.8. The van der Waals surface area contributed by atoms with Crippen molar-refractivity contribution < 1.29 is 4.39 Å². The SMILES string of the molecule is CCCCCc1ccc(CCc2ccc(-c3ccc(Cl)c(F)c3)cc2)cc1. The minimum Gasteiger partial charge on any atom is -0.205 e. The summed E-state index contributed by atoms with van der Waals surface area (Å²) in [6.07, 6.45) is 7.07. The van der Waals surface area contributed by atoms with E-state index in [2.05, 4.69) is 55.5 Å². The van der Waals surface area contributed by atoms with Gasteiger partial charge >= 0.3 is 0 Å². The molecule has 0 aliphatic heterocycles. The standard InChI is InChI=1S/C25H26ClF/c1-2-3-4-5-19-6-8-20(9-7-19)10-11-21-12-14-22(15-13-21)23-16-17-24(26)25(27)18-23/h6-9,12-18H,2-5,10-11H2,1H3.